The minimum absolute atomic E-state index is 0. The Morgan fingerprint density at radius 2 is 2.40 bits per heavy atom. The molecule has 6 heteroatoms. The van der Waals surface area contributed by atoms with Crippen molar-refractivity contribution in [1.29, 1.82) is 0 Å². The molecular weight excluding hydrogens is 315 g/mol. The van der Waals surface area contributed by atoms with Gasteiger partial charge in [-0.2, -0.15) is 11.8 Å². The predicted molar refractivity (Wildman–Crippen MR) is 89.0 cm³/mol. The summed E-state index contributed by atoms with van der Waals surface area (Å²) in [4.78, 5) is 12.0. The monoisotopic (exact) mass is 334 g/mol. The molecule has 1 aromatic carbocycles. The van der Waals surface area contributed by atoms with Crippen molar-refractivity contribution >= 4 is 41.7 Å². The molecule has 2 rings (SSSR count). The lowest BCUT2D eigenvalue weighted by Crippen LogP contribution is -2.41. The van der Waals surface area contributed by atoms with Gasteiger partial charge in [-0.3, -0.25) is 4.79 Å². The van der Waals surface area contributed by atoms with Crippen molar-refractivity contribution in [1.82, 2.24) is 10.6 Å². The minimum Gasteiger partial charge on any atom is -0.350 e. The Morgan fingerprint density at radius 3 is 3.05 bits per heavy atom. The first-order valence-electron chi connectivity index (χ1n) is 6.51. The van der Waals surface area contributed by atoms with Crippen molar-refractivity contribution in [3.8, 4) is 0 Å². The Hall–Kier alpha value is -0.420. The van der Waals surface area contributed by atoms with Crippen LogP contribution in [-0.4, -0.2) is 30.0 Å². The molecule has 0 aliphatic carbocycles. The molecule has 1 heterocycles. The molecule has 112 valence electrons. The molecule has 20 heavy (non-hydrogen) atoms. The zero-order chi connectivity index (χ0) is 13.7. The molecule has 2 N–H and O–H groups in total. The van der Waals surface area contributed by atoms with Gasteiger partial charge in [0.25, 0.3) is 0 Å². The molecule has 1 saturated heterocycles. The number of thioether (sulfide) groups is 1. The van der Waals surface area contributed by atoms with Gasteiger partial charge in [0.15, 0.2) is 0 Å². The normalized spacial score (nSPS) is 19.8. The van der Waals surface area contributed by atoms with Gasteiger partial charge in [-0.05, 0) is 24.6 Å². The van der Waals surface area contributed by atoms with Gasteiger partial charge >= 0.3 is 0 Å². The Kier molecular flexibility index (Phi) is 7.74. The summed E-state index contributed by atoms with van der Waals surface area (Å²) in [5, 5.41) is 7.09. The average Bonchev–Trinajstić information content (AvgIpc) is 2.39. The molecule has 1 unspecified atom stereocenters. The molecule has 1 fully saturated rings. The van der Waals surface area contributed by atoms with Crippen LogP contribution in [0.15, 0.2) is 24.3 Å². The van der Waals surface area contributed by atoms with Gasteiger partial charge in [0.2, 0.25) is 5.91 Å². The molecule has 2 atom stereocenters. The van der Waals surface area contributed by atoms with Crippen LogP contribution in [-0.2, 0) is 4.79 Å². The summed E-state index contributed by atoms with van der Waals surface area (Å²) in [6, 6.07) is 7.89. The van der Waals surface area contributed by atoms with Crippen LogP contribution in [0.4, 0.5) is 0 Å². The van der Waals surface area contributed by atoms with Gasteiger partial charge < -0.3 is 10.6 Å². The lowest BCUT2D eigenvalue weighted by atomic mass is 10.1. The largest absolute Gasteiger partial charge is 0.350 e. The fourth-order valence-corrected chi connectivity index (χ4v) is 3.28. The minimum atomic E-state index is -0.0116. The number of hydrogen-bond acceptors (Lipinski definition) is 3. The molecule has 1 aliphatic heterocycles. The van der Waals surface area contributed by atoms with Crippen LogP contribution < -0.4 is 10.6 Å². The summed E-state index contributed by atoms with van der Waals surface area (Å²) in [5.41, 5.74) is 1.03. The molecule has 0 spiro atoms. The maximum absolute atomic E-state index is 12.0. The van der Waals surface area contributed by atoms with E-state index in [4.69, 9.17) is 11.6 Å². The van der Waals surface area contributed by atoms with E-state index in [0.29, 0.717) is 17.5 Å². The van der Waals surface area contributed by atoms with E-state index in [1.54, 1.807) is 0 Å². The maximum atomic E-state index is 12.0. The highest BCUT2D eigenvalue weighted by atomic mass is 35.5. The highest BCUT2D eigenvalue weighted by Crippen LogP contribution is 2.18. The first-order valence-corrected chi connectivity index (χ1v) is 8.04. The van der Waals surface area contributed by atoms with Crippen molar-refractivity contribution in [2.24, 2.45) is 0 Å². The van der Waals surface area contributed by atoms with Crippen molar-refractivity contribution in [2.45, 2.75) is 25.4 Å². The zero-order valence-electron chi connectivity index (χ0n) is 11.4. The zero-order valence-corrected chi connectivity index (χ0v) is 13.8. The van der Waals surface area contributed by atoms with E-state index in [1.165, 1.54) is 0 Å². The van der Waals surface area contributed by atoms with Gasteiger partial charge in [-0.25, -0.2) is 0 Å². The van der Waals surface area contributed by atoms with Crippen LogP contribution in [0.1, 0.15) is 24.9 Å². The summed E-state index contributed by atoms with van der Waals surface area (Å²) < 4.78 is 0. The molecule has 0 radical (unpaired) electrons. The third-order valence-electron chi connectivity index (χ3n) is 3.16. The lowest BCUT2D eigenvalue weighted by Gasteiger charge is -2.23. The second kappa shape index (κ2) is 8.78. The number of hydrogen-bond donors (Lipinski definition) is 2. The molecule has 0 bridgehead atoms. The SMILES string of the molecule is C[C@@H](NC(=O)CC1CSCCN1)c1cccc(Cl)c1.Cl. The molecule has 0 saturated carbocycles. The van der Waals surface area contributed by atoms with Crippen LogP contribution >= 0.6 is 35.8 Å². The first-order chi connectivity index (χ1) is 9.15. The van der Waals surface area contributed by atoms with E-state index in [0.717, 1.165) is 23.6 Å². The third kappa shape index (κ3) is 5.52. The van der Waals surface area contributed by atoms with Gasteiger partial charge in [0, 0.05) is 35.5 Å². The Balaban J connectivity index is 0.00000200. The number of amides is 1. The third-order valence-corrected chi connectivity index (χ3v) is 4.52. The highest BCUT2D eigenvalue weighted by molar-refractivity contribution is 7.99. The van der Waals surface area contributed by atoms with E-state index in [2.05, 4.69) is 10.6 Å². The average molecular weight is 335 g/mol. The quantitative estimate of drug-likeness (QED) is 0.889. The number of benzene rings is 1. The fourth-order valence-electron chi connectivity index (χ4n) is 2.13. The van der Waals surface area contributed by atoms with Crippen molar-refractivity contribution in [3.63, 3.8) is 0 Å². The molecule has 0 aromatic heterocycles. The summed E-state index contributed by atoms with van der Waals surface area (Å²) in [6.07, 6.45) is 0.540. The van der Waals surface area contributed by atoms with Crippen molar-refractivity contribution < 1.29 is 4.79 Å². The fraction of sp³-hybridized carbons (Fsp3) is 0.500. The highest BCUT2D eigenvalue weighted by Gasteiger charge is 2.18. The van der Waals surface area contributed by atoms with Crippen molar-refractivity contribution in [3.05, 3.63) is 34.9 Å². The van der Waals surface area contributed by atoms with E-state index in [-0.39, 0.29) is 24.4 Å². The smallest absolute Gasteiger partial charge is 0.222 e. The van der Waals surface area contributed by atoms with Gasteiger partial charge in [0.1, 0.15) is 0 Å². The van der Waals surface area contributed by atoms with Crippen LogP contribution in [0.25, 0.3) is 0 Å². The second-order valence-corrected chi connectivity index (χ2v) is 6.36. The maximum Gasteiger partial charge on any atom is 0.222 e. The molecule has 1 aromatic rings. The molecule has 3 nitrogen and oxygen atoms in total. The molecule has 1 aliphatic rings. The summed E-state index contributed by atoms with van der Waals surface area (Å²) in [5.74, 6) is 2.24. The Labute approximate surface area is 135 Å². The van der Waals surface area contributed by atoms with Crippen LogP contribution in [0.2, 0.25) is 5.02 Å². The predicted octanol–water partition coefficient (Wildman–Crippen LogP) is 3.03. The first kappa shape index (κ1) is 17.6. The van der Waals surface area contributed by atoms with Crippen LogP contribution in [0.3, 0.4) is 0 Å². The van der Waals surface area contributed by atoms with Crippen molar-refractivity contribution in [2.75, 3.05) is 18.1 Å². The van der Waals surface area contributed by atoms with E-state index >= 15 is 0 Å². The number of carbonyl (C=O) groups excluding carboxylic acids is 1. The number of carbonyl (C=O) groups is 1. The van der Waals surface area contributed by atoms with E-state index in [1.807, 2.05) is 43.0 Å². The summed E-state index contributed by atoms with van der Waals surface area (Å²) >= 11 is 7.86. The van der Waals surface area contributed by atoms with Crippen LogP contribution in [0, 0.1) is 0 Å². The van der Waals surface area contributed by atoms with Crippen LogP contribution in [0.5, 0.6) is 0 Å². The Morgan fingerprint density at radius 1 is 1.60 bits per heavy atom. The van der Waals surface area contributed by atoms with Gasteiger partial charge in [-0.15, -0.1) is 12.4 Å². The molecular formula is C14H20Cl2N2OS. The van der Waals surface area contributed by atoms with Gasteiger partial charge in [0.05, 0.1) is 6.04 Å². The standard InChI is InChI=1S/C14H19ClN2OS.ClH/c1-10(11-3-2-4-12(15)7-11)17-14(18)8-13-9-19-6-5-16-13;/h2-4,7,10,13,16H,5-6,8-9H2,1H3,(H,17,18);1H/t10-,13?;/m1./s1. The summed E-state index contributed by atoms with van der Waals surface area (Å²) in [7, 11) is 0. The second-order valence-electron chi connectivity index (χ2n) is 4.77. The lowest BCUT2D eigenvalue weighted by molar-refractivity contribution is -0.122. The number of rotatable bonds is 4. The topological polar surface area (TPSA) is 41.1 Å². The van der Waals surface area contributed by atoms with E-state index in [9.17, 15) is 4.79 Å². The number of halogens is 2. The Bertz CT molecular complexity index is 439. The molecule has 1 amide bonds. The van der Waals surface area contributed by atoms with E-state index < -0.39 is 0 Å². The summed E-state index contributed by atoms with van der Waals surface area (Å²) in [6.45, 7) is 2.97. The number of nitrogens with one attached hydrogen (secondary N) is 2. The van der Waals surface area contributed by atoms with Gasteiger partial charge in [-0.1, -0.05) is 23.7 Å².